The molecule has 1 saturated heterocycles. The normalized spacial score (nSPS) is 19.3. The van der Waals surface area contributed by atoms with E-state index in [1.165, 1.54) is 56.6 Å². The van der Waals surface area contributed by atoms with Crippen LogP contribution in [0.2, 0.25) is 0 Å². The molecule has 5 heteroatoms. The molecule has 0 amide bonds. The summed E-state index contributed by atoms with van der Waals surface area (Å²) >= 11 is 1.89. The molecule has 1 atom stereocenters. The number of aromatic nitrogens is 1. The Kier molecular flexibility index (Phi) is 4.81. The van der Waals surface area contributed by atoms with Crippen molar-refractivity contribution in [3.63, 3.8) is 0 Å². The number of fused-ring (bicyclic) bond motifs is 5. The van der Waals surface area contributed by atoms with Crippen LogP contribution < -0.4 is 15.5 Å². The first-order chi connectivity index (χ1) is 15.3. The summed E-state index contributed by atoms with van der Waals surface area (Å²) < 4.78 is 1.34. The van der Waals surface area contributed by atoms with Gasteiger partial charge in [-0.2, -0.15) is 0 Å². The second-order valence-corrected chi connectivity index (χ2v) is 10.00. The lowest BCUT2D eigenvalue weighted by Crippen LogP contribution is -2.29. The molecule has 6 rings (SSSR count). The summed E-state index contributed by atoms with van der Waals surface area (Å²) in [6.07, 6.45) is 3.94. The van der Waals surface area contributed by atoms with Crippen LogP contribution in [-0.4, -0.2) is 30.7 Å². The second kappa shape index (κ2) is 7.81. The maximum Gasteiger partial charge on any atom is 0.0717 e. The number of pyridine rings is 1. The smallest absolute Gasteiger partial charge is 0.0717 e. The number of benzene rings is 2. The third kappa shape index (κ3) is 3.46. The molecule has 0 saturated carbocycles. The molecular weight excluding hydrogens is 400 g/mol. The minimum Gasteiger partial charge on any atom is -0.382 e. The Hall–Kier alpha value is -2.63. The molecule has 0 unspecified atom stereocenters. The second-order valence-electron chi connectivity index (χ2n) is 8.86. The molecule has 4 aromatic rings. The van der Waals surface area contributed by atoms with E-state index < -0.39 is 0 Å². The van der Waals surface area contributed by atoms with E-state index in [0.717, 1.165) is 37.4 Å². The third-order valence-corrected chi connectivity index (χ3v) is 7.81. The van der Waals surface area contributed by atoms with Gasteiger partial charge in [-0.05, 0) is 62.6 Å². The van der Waals surface area contributed by atoms with Gasteiger partial charge in [0.15, 0.2) is 0 Å². The van der Waals surface area contributed by atoms with Crippen LogP contribution in [0.25, 0.3) is 32.2 Å². The molecular formula is C26H28N4S. The van der Waals surface area contributed by atoms with Crippen molar-refractivity contribution in [2.45, 2.75) is 38.8 Å². The highest BCUT2D eigenvalue weighted by molar-refractivity contribution is 7.20. The summed E-state index contributed by atoms with van der Waals surface area (Å²) in [5.41, 5.74) is 5.94. The Labute approximate surface area is 187 Å². The highest BCUT2D eigenvalue weighted by atomic mass is 32.1. The molecule has 31 heavy (non-hydrogen) atoms. The van der Waals surface area contributed by atoms with Crippen LogP contribution in [0.15, 0.2) is 48.5 Å². The van der Waals surface area contributed by atoms with E-state index in [9.17, 15) is 0 Å². The number of hydrogen-bond acceptors (Lipinski definition) is 5. The van der Waals surface area contributed by atoms with Gasteiger partial charge in [0.05, 0.1) is 16.9 Å². The van der Waals surface area contributed by atoms with Crippen molar-refractivity contribution in [2.75, 3.05) is 29.9 Å². The van der Waals surface area contributed by atoms with Gasteiger partial charge in [0.1, 0.15) is 0 Å². The number of nitrogens with one attached hydrogen (secondary N) is 2. The van der Waals surface area contributed by atoms with Crippen LogP contribution in [0.5, 0.6) is 0 Å². The Morgan fingerprint density at radius 2 is 1.94 bits per heavy atom. The Morgan fingerprint density at radius 3 is 2.84 bits per heavy atom. The lowest BCUT2D eigenvalue weighted by molar-refractivity contribution is 0.578. The SMILES string of the molecule is C[C@@H]1CNc2c(sc3ccc4nc(-c5cccc(N6CCCCC6)c5)ccc4c23)CN1. The average Bonchev–Trinajstić information content (AvgIpc) is 3.09. The monoisotopic (exact) mass is 428 g/mol. The first-order valence-corrected chi connectivity index (χ1v) is 12.3. The summed E-state index contributed by atoms with van der Waals surface area (Å²) in [4.78, 5) is 9.00. The zero-order valence-corrected chi connectivity index (χ0v) is 18.8. The number of thiophene rings is 1. The topological polar surface area (TPSA) is 40.2 Å². The van der Waals surface area contributed by atoms with Crippen LogP contribution in [0, 0.1) is 0 Å². The summed E-state index contributed by atoms with van der Waals surface area (Å²) in [5.74, 6) is 0. The van der Waals surface area contributed by atoms with Crippen molar-refractivity contribution in [3.05, 3.63) is 53.4 Å². The predicted octanol–water partition coefficient (Wildman–Crippen LogP) is 6.01. The van der Waals surface area contributed by atoms with E-state index in [4.69, 9.17) is 4.98 Å². The van der Waals surface area contributed by atoms with Crippen LogP contribution >= 0.6 is 11.3 Å². The van der Waals surface area contributed by atoms with E-state index in [0.29, 0.717) is 6.04 Å². The van der Waals surface area contributed by atoms with Crippen LogP contribution in [0.4, 0.5) is 11.4 Å². The number of piperidine rings is 1. The fourth-order valence-electron chi connectivity index (χ4n) is 4.93. The highest BCUT2D eigenvalue weighted by Gasteiger charge is 2.19. The van der Waals surface area contributed by atoms with E-state index >= 15 is 0 Å². The van der Waals surface area contributed by atoms with E-state index in [1.54, 1.807) is 0 Å². The largest absolute Gasteiger partial charge is 0.382 e. The van der Waals surface area contributed by atoms with Gasteiger partial charge in [-0.15, -0.1) is 11.3 Å². The van der Waals surface area contributed by atoms with Gasteiger partial charge < -0.3 is 15.5 Å². The van der Waals surface area contributed by atoms with Crippen LogP contribution in [0.1, 0.15) is 31.1 Å². The van der Waals surface area contributed by atoms with E-state index in [2.05, 4.69) is 71.0 Å². The molecule has 0 spiro atoms. The molecule has 4 nitrogen and oxygen atoms in total. The molecule has 1 fully saturated rings. The molecule has 4 heterocycles. The van der Waals surface area contributed by atoms with Gasteiger partial charge in [-0.1, -0.05) is 12.1 Å². The molecule has 2 aliphatic heterocycles. The third-order valence-electron chi connectivity index (χ3n) is 6.65. The molecule has 2 aromatic heterocycles. The maximum absolute atomic E-state index is 5.09. The lowest BCUT2D eigenvalue weighted by Gasteiger charge is -2.29. The summed E-state index contributed by atoms with van der Waals surface area (Å²) in [6.45, 7) is 6.44. The van der Waals surface area contributed by atoms with Gasteiger partial charge in [0, 0.05) is 63.8 Å². The average molecular weight is 429 g/mol. The Bertz CT molecular complexity index is 1260. The molecule has 2 aliphatic rings. The summed E-state index contributed by atoms with van der Waals surface area (Å²) in [5, 5.41) is 9.87. The van der Waals surface area contributed by atoms with Crippen LogP contribution in [0.3, 0.4) is 0 Å². The minimum absolute atomic E-state index is 0.474. The standard InChI is InChI=1S/C26H28N4S/c1-17-15-28-26-24(16-27-17)31-23-11-10-22-20(25(23)26)8-9-21(29-22)18-6-5-7-19(14-18)30-12-3-2-4-13-30/h5-11,14,17,27-28H,2-4,12-13,15-16H2,1H3/t17-/m1/s1. The fraction of sp³-hybridized carbons (Fsp3) is 0.346. The zero-order valence-electron chi connectivity index (χ0n) is 17.9. The van der Waals surface area contributed by atoms with Gasteiger partial charge in [0.25, 0.3) is 0 Å². The minimum atomic E-state index is 0.474. The number of rotatable bonds is 2. The van der Waals surface area contributed by atoms with Gasteiger partial charge in [-0.3, -0.25) is 0 Å². The predicted molar refractivity (Wildman–Crippen MR) is 133 cm³/mol. The summed E-state index contributed by atoms with van der Waals surface area (Å²) in [7, 11) is 0. The van der Waals surface area contributed by atoms with Crippen LogP contribution in [-0.2, 0) is 6.54 Å². The molecule has 0 radical (unpaired) electrons. The zero-order chi connectivity index (χ0) is 20.8. The van der Waals surface area contributed by atoms with Crippen molar-refractivity contribution in [1.82, 2.24) is 10.3 Å². The molecule has 0 bridgehead atoms. The summed E-state index contributed by atoms with van der Waals surface area (Å²) in [6, 6.07) is 18.3. The Morgan fingerprint density at radius 1 is 1.03 bits per heavy atom. The first kappa shape index (κ1) is 19.1. The molecule has 2 aromatic carbocycles. The van der Waals surface area contributed by atoms with Crippen molar-refractivity contribution < 1.29 is 0 Å². The van der Waals surface area contributed by atoms with Gasteiger partial charge >= 0.3 is 0 Å². The van der Waals surface area contributed by atoms with Crippen molar-refractivity contribution in [1.29, 1.82) is 0 Å². The maximum atomic E-state index is 5.09. The van der Waals surface area contributed by atoms with E-state index in [-0.39, 0.29) is 0 Å². The fourth-order valence-corrected chi connectivity index (χ4v) is 6.08. The lowest BCUT2D eigenvalue weighted by atomic mass is 10.0. The first-order valence-electron chi connectivity index (χ1n) is 11.4. The van der Waals surface area contributed by atoms with Crippen molar-refractivity contribution >= 4 is 43.7 Å². The van der Waals surface area contributed by atoms with Crippen molar-refractivity contribution in [2.24, 2.45) is 0 Å². The molecule has 2 N–H and O–H groups in total. The number of anilines is 2. The van der Waals surface area contributed by atoms with Gasteiger partial charge in [0.2, 0.25) is 0 Å². The quantitative estimate of drug-likeness (QED) is 0.410. The molecule has 158 valence electrons. The molecule has 0 aliphatic carbocycles. The van der Waals surface area contributed by atoms with Gasteiger partial charge in [-0.25, -0.2) is 4.98 Å². The van der Waals surface area contributed by atoms with E-state index in [1.807, 2.05) is 11.3 Å². The van der Waals surface area contributed by atoms with Crippen molar-refractivity contribution in [3.8, 4) is 11.3 Å². The number of nitrogens with zero attached hydrogens (tertiary/aromatic N) is 2. The number of hydrogen-bond donors (Lipinski definition) is 2. The Balaban J connectivity index is 1.42. The highest BCUT2D eigenvalue weighted by Crippen LogP contribution is 2.41.